The van der Waals surface area contributed by atoms with Gasteiger partial charge in [0.15, 0.2) is 0 Å². The number of hydrogen-bond donors (Lipinski definition) is 1. The first kappa shape index (κ1) is 18.7. The van der Waals surface area contributed by atoms with Gasteiger partial charge in [0.25, 0.3) is 5.91 Å². The van der Waals surface area contributed by atoms with Gasteiger partial charge in [0.1, 0.15) is 17.3 Å². The van der Waals surface area contributed by atoms with Crippen molar-refractivity contribution in [3.05, 3.63) is 90.0 Å². The van der Waals surface area contributed by atoms with Gasteiger partial charge >= 0.3 is 0 Å². The molecule has 2 aromatic heterocycles. The first-order chi connectivity index (χ1) is 14.2. The number of nitrogens with zero attached hydrogens (tertiary/aromatic N) is 3. The second-order valence-corrected chi connectivity index (χ2v) is 6.77. The summed E-state index contributed by atoms with van der Waals surface area (Å²) in [5.74, 6) is 1.37. The minimum Gasteiger partial charge on any atom is -0.496 e. The van der Waals surface area contributed by atoms with Crippen molar-refractivity contribution in [3.63, 3.8) is 0 Å². The summed E-state index contributed by atoms with van der Waals surface area (Å²) in [6, 6.07) is 20.9. The van der Waals surface area contributed by atoms with Crippen molar-refractivity contribution >= 4 is 16.9 Å². The van der Waals surface area contributed by atoms with Gasteiger partial charge in [-0.2, -0.15) is 0 Å². The molecule has 4 rings (SSSR count). The Hall–Kier alpha value is -3.67. The molecule has 1 N–H and O–H groups in total. The molecule has 0 bridgehead atoms. The Morgan fingerprint density at radius 2 is 1.83 bits per heavy atom. The van der Waals surface area contributed by atoms with Crippen LogP contribution in [0.2, 0.25) is 0 Å². The van der Waals surface area contributed by atoms with Crippen LogP contribution in [0.5, 0.6) is 5.75 Å². The molecule has 0 aliphatic carbocycles. The van der Waals surface area contributed by atoms with Crippen molar-refractivity contribution in [2.24, 2.45) is 0 Å². The Morgan fingerprint density at radius 1 is 1.07 bits per heavy atom. The van der Waals surface area contributed by atoms with Crippen molar-refractivity contribution < 1.29 is 9.53 Å². The predicted molar refractivity (Wildman–Crippen MR) is 112 cm³/mol. The molecule has 0 spiro atoms. The molecule has 0 saturated carbocycles. The molecule has 6 nitrogen and oxygen atoms in total. The van der Waals surface area contributed by atoms with Gasteiger partial charge < -0.3 is 14.6 Å². The van der Waals surface area contributed by atoms with Gasteiger partial charge in [-0.05, 0) is 37.3 Å². The summed E-state index contributed by atoms with van der Waals surface area (Å²) in [6.07, 6.45) is 1.61. The molecule has 2 aromatic carbocycles. The van der Waals surface area contributed by atoms with E-state index in [-0.39, 0.29) is 11.9 Å². The van der Waals surface area contributed by atoms with E-state index in [1.54, 1.807) is 31.5 Å². The molecule has 6 heteroatoms. The number of pyridine rings is 1. The highest BCUT2D eigenvalue weighted by Crippen LogP contribution is 2.25. The molecule has 29 heavy (non-hydrogen) atoms. The highest BCUT2D eigenvalue weighted by molar-refractivity contribution is 5.92. The number of fused-ring (bicyclic) bond motifs is 1. The van der Waals surface area contributed by atoms with Crippen LogP contribution in [0.3, 0.4) is 0 Å². The second-order valence-electron chi connectivity index (χ2n) is 6.77. The van der Waals surface area contributed by atoms with Gasteiger partial charge in [-0.15, -0.1) is 0 Å². The molecule has 1 amide bonds. The van der Waals surface area contributed by atoms with E-state index >= 15 is 0 Å². The third-order valence-electron chi connectivity index (χ3n) is 4.84. The van der Waals surface area contributed by atoms with Crippen LogP contribution in [0, 0.1) is 0 Å². The number of para-hydroxylation sites is 3. The third kappa shape index (κ3) is 3.82. The molecule has 1 atom stereocenters. The number of hydrogen-bond acceptors (Lipinski definition) is 4. The Labute approximate surface area is 169 Å². The highest BCUT2D eigenvalue weighted by atomic mass is 16.5. The Kier molecular flexibility index (Phi) is 5.24. The monoisotopic (exact) mass is 386 g/mol. The zero-order valence-electron chi connectivity index (χ0n) is 16.4. The maximum Gasteiger partial charge on any atom is 0.270 e. The van der Waals surface area contributed by atoms with Crippen LogP contribution in [0.4, 0.5) is 0 Å². The lowest BCUT2D eigenvalue weighted by Crippen LogP contribution is -2.29. The minimum absolute atomic E-state index is 0.228. The number of rotatable bonds is 6. The van der Waals surface area contributed by atoms with E-state index in [4.69, 9.17) is 9.72 Å². The average molecular weight is 386 g/mol. The van der Waals surface area contributed by atoms with E-state index in [0.717, 1.165) is 28.2 Å². The topological polar surface area (TPSA) is 69.0 Å². The quantitative estimate of drug-likeness (QED) is 0.544. The van der Waals surface area contributed by atoms with E-state index in [1.807, 2.05) is 55.5 Å². The summed E-state index contributed by atoms with van der Waals surface area (Å²) in [4.78, 5) is 21.5. The number of nitrogens with one attached hydrogen (secondary N) is 1. The molecule has 0 radical (unpaired) electrons. The van der Waals surface area contributed by atoms with Crippen molar-refractivity contribution in [1.82, 2.24) is 19.9 Å². The zero-order valence-corrected chi connectivity index (χ0v) is 16.4. The first-order valence-corrected chi connectivity index (χ1v) is 9.46. The summed E-state index contributed by atoms with van der Waals surface area (Å²) in [5, 5.41) is 3.01. The number of amides is 1. The zero-order chi connectivity index (χ0) is 20.2. The number of carbonyl (C=O) groups excluding carboxylic acids is 1. The fraction of sp³-hybridized carbons (Fsp3) is 0.174. The number of methoxy groups -OCH3 is 1. The summed E-state index contributed by atoms with van der Waals surface area (Å²) < 4.78 is 7.64. The summed E-state index contributed by atoms with van der Waals surface area (Å²) in [6.45, 7) is 2.52. The molecule has 0 saturated heterocycles. The van der Waals surface area contributed by atoms with Crippen LogP contribution >= 0.6 is 0 Å². The predicted octanol–water partition coefficient (Wildman–Crippen LogP) is 3.98. The van der Waals surface area contributed by atoms with E-state index in [9.17, 15) is 4.79 Å². The van der Waals surface area contributed by atoms with Gasteiger partial charge in [0, 0.05) is 11.8 Å². The lowest BCUT2D eigenvalue weighted by Gasteiger charge is -2.17. The molecule has 146 valence electrons. The molecule has 0 fully saturated rings. The van der Waals surface area contributed by atoms with E-state index < -0.39 is 0 Å². The fourth-order valence-corrected chi connectivity index (χ4v) is 3.43. The van der Waals surface area contributed by atoms with Crippen LogP contribution in [0.15, 0.2) is 72.9 Å². The van der Waals surface area contributed by atoms with Crippen molar-refractivity contribution in [3.8, 4) is 5.75 Å². The van der Waals surface area contributed by atoms with Crippen molar-refractivity contribution in [1.29, 1.82) is 0 Å². The van der Waals surface area contributed by atoms with Gasteiger partial charge in [-0.1, -0.05) is 36.4 Å². The molecule has 1 unspecified atom stereocenters. The normalized spacial score (nSPS) is 11.9. The first-order valence-electron chi connectivity index (χ1n) is 9.46. The van der Waals surface area contributed by atoms with E-state index in [2.05, 4.69) is 14.9 Å². The van der Waals surface area contributed by atoms with Crippen LogP contribution in [0.1, 0.15) is 34.8 Å². The second kappa shape index (κ2) is 8.14. The molecule has 0 aliphatic rings. The lowest BCUT2D eigenvalue weighted by atomic mass is 10.2. The van der Waals surface area contributed by atoms with Crippen molar-refractivity contribution in [2.75, 3.05) is 7.11 Å². The SMILES string of the molecule is COc1ccccc1Cn1c(C(C)NC(=O)c2ccccn2)nc2ccccc21. The largest absolute Gasteiger partial charge is 0.496 e. The van der Waals surface area contributed by atoms with Crippen molar-refractivity contribution in [2.45, 2.75) is 19.5 Å². The number of benzene rings is 2. The lowest BCUT2D eigenvalue weighted by molar-refractivity contribution is 0.0932. The van der Waals surface area contributed by atoms with E-state index in [0.29, 0.717) is 12.2 Å². The number of imidazole rings is 1. The van der Waals surface area contributed by atoms with Gasteiger partial charge in [0.2, 0.25) is 0 Å². The standard InChI is InChI=1S/C23H22N4O2/c1-16(25-23(28)19-11-7-8-14-24-19)22-26-18-10-4-5-12-20(18)27(22)15-17-9-3-6-13-21(17)29-2/h3-14,16H,15H2,1-2H3,(H,25,28). The minimum atomic E-state index is -0.299. The maximum atomic E-state index is 12.6. The molecular weight excluding hydrogens is 364 g/mol. The summed E-state index contributed by atoms with van der Waals surface area (Å²) in [7, 11) is 1.67. The van der Waals surface area contributed by atoms with Crippen LogP contribution in [0.25, 0.3) is 11.0 Å². The number of carbonyl (C=O) groups is 1. The molecule has 2 heterocycles. The van der Waals surface area contributed by atoms with Crippen LogP contribution in [-0.4, -0.2) is 27.6 Å². The fourth-order valence-electron chi connectivity index (χ4n) is 3.43. The summed E-state index contributed by atoms with van der Waals surface area (Å²) >= 11 is 0. The summed E-state index contributed by atoms with van der Waals surface area (Å²) in [5.41, 5.74) is 3.32. The Bertz CT molecular complexity index is 1140. The Balaban J connectivity index is 1.70. The highest BCUT2D eigenvalue weighted by Gasteiger charge is 2.20. The van der Waals surface area contributed by atoms with Crippen LogP contribution in [-0.2, 0) is 6.54 Å². The average Bonchev–Trinajstić information content (AvgIpc) is 3.13. The van der Waals surface area contributed by atoms with Gasteiger partial charge in [-0.25, -0.2) is 4.98 Å². The third-order valence-corrected chi connectivity index (χ3v) is 4.84. The Morgan fingerprint density at radius 3 is 2.62 bits per heavy atom. The smallest absolute Gasteiger partial charge is 0.270 e. The molecule has 0 aliphatic heterocycles. The van der Waals surface area contributed by atoms with Gasteiger partial charge in [-0.3, -0.25) is 9.78 Å². The maximum absolute atomic E-state index is 12.6. The van der Waals surface area contributed by atoms with Crippen LogP contribution < -0.4 is 10.1 Å². The number of aromatic nitrogens is 3. The number of ether oxygens (including phenoxy) is 1. The molecular formula is C23H22N4O2. The van der Waals surface area contributed by atoms with Gasteiger partial charge in [0.05, 0.1) is 30.7 Å². The molecule has 4 aromatic rings. The van der Waals surface area contributed by atoms with E-state index in [1.165, 1.54) is 0 Å².